The predicted molar refractivity (Wildman–Crippen MR) is 32.0 cm³/mol. The number of primary amides is 1. The van der Waals surface area contributed by atoms with E-state index in [1.54, 1.807) is 0 Å². The summed E-state index contributed by atoms with van der Waals surface area (Å²) >= 11 is 0. The Hall–Kier alpha value is -1.17. The van der Waals surface area contributed by atoms with Crippen molar-refractivity contribution in [1.29, 1.82) is 0 Å². The number of amides is 1. The maximum absolute atomic E-state index is 10.4. The number of Topliss-reactive ketones (excluding diaryl/α,β-unsaturated/α-hetero) is 1. The maximum Gasteiger partial charge on any atom is 0.293 e. The van der Waals surface area contributed by atoms with Gasteiger partial charge in [0.25, 0.3) is 11.7 Å². The van der Waals surface area contributed by atoms with Crippen LogP contribution in [0.5, 0.6) is 0 Å². The molecule has 1 amide bonds. The van der Waals surface area contributed by atoms with Crippen LogP contribution in [0.15, 0.2) is 12.3 Å². The Kier molecular flexibility index (Phi) is 3.15. The molecule has 0 saturated heterocycles. The van der Waals surface area contributed by atoms with Gasteiger partial charge in [0.05, 0.1) is 0 Å². The zero-order valence-electron chi connectivity index (χ0n) is 5.68. The van der Waals surface area contributed by atoms with Crippen LogP contribution in [0, 0.1) is 0 Å². The van der Waals surface area contributed by atoms with E-state index in [1.807, 2.05) is 0 Å². The highest BCUT2D eigenvalue weighted by atomic mass is 31.2. The highest BCUT2D eigenvalue weighted by Gasteiger charge is 2.15. The van der Waals surface area contributed by atoms with E-state index >= 15 is 0 Å². The van der Waals surface area contributed by atoms with Crippen molar-refractivity contribution in [1.82, 2.24) is 0 Å². The lowest BCUT2D eigenvalue weighted by atomic mass is 10.3. The summed E-state index contributed by atoms with van der Waals surface area (Å²) in [7, 11) is -5.34. The molecule has 8 heteroatoms. The summed E-state index contributed by atoms with van der Waals surface area (Å²) in [5.41, 5.74) is 4.43. The minimum absolute atomic E-state index is 1.10. The third-order valence-corrected chi connectivity index (χ3v) is 1.14. The van der Waals surface area contributed by atoms with Gasteiger partial charge in [0.1, 0.15) is 7.82 Å². The van der Waals surface area contributed by atoms with Gasteiger partial charge in [-0.3, -0.25) is 9.59 Å². The molecule has 0 fully saturated rings. The zero-order valence-corrected chi connectivity index (χ0v) is 6.58. The van der Waals surface area contributed by atoms with Crippen molar-refractivity contribution in [3.05, 3.63) is 12.3 Å². The molecular formula is C4H4NO6P-2. The number of ketones is 1. The van der Waals surface area contributed by atoms with Gasteiger partial charge in [-0.1, -0.05) is 6.58 Å². The van der Waals surface area contributed by atoms with Crippen molar-refractivity contribution < 1.29 is 28.5 Å². The van der Waals surface area contributed by atoms with Crippen LogP contribution in [0.3, 0.4) is 0 Å². The predicted octanol–water partition coefficient (Wildman–Crippen LogP) is -2.60. The van der Waals surface area contributed by atoms with Crippen LogP contribution in [0.4, 0.5) is 0 Å². The average Bonchev–Trinajstić information content (AvgIpc) is 1.82. The number of hydrogen-bond donors (Lipinski definition) is 1. The van der Waals surface area contributed by atoms with Crippen LogP contribution in [0.25, 0.3) is 0 Å². The summed E-state index contributed by atoms with van der Waals surface area (Å²) in [6, 6.07) is 0. The van der Waals surface area contributed by atoms with E-state index in [2.05, 4.69) is 16.8 Å². The first kappa shape index (κ1) is 10.8. The molecule has 68 valence electrons. The number of carbonyl (C=O) groups is 2. The summed E-state index contributed by atoms with van der Waals surface area (Å²) < 4.78 is 13.3. The van der Waals surface area contributed by atoms with Crippen molar-refractivity contribution in [3.8, 4) is 0 Å². The molecule has 0 aromatic carbocycles. The van der Waals surface area contributed by atoms with Crippen LogP contribution >= 0.6 is 7.82 Å². The molecule has 0 spiro atoms. The van der Waals surface area contributed by atoms with Crippen molar-refractivity contribution in [3.63, 3.8) is 0 Å². The van der Waals surface area contributed by atoms with Gasteiger partial charge in [0.15, 0.2) is 5.76 Å². The largest absolute Gasteiger partial charge is 0.780 e. The molecule has 7 nitrogen and oxygen atoms in total. The van der Waals surface area contributed by atoms with Crippen molar-refractivity contribution in [2.75, 3.05) is 0 Å². The molecule has 0 aliphatic carbocycles. The van der Waals surface area contributed by atoms with Gasteiger partial charge >= 0.3 is 0 Å². The van der Waals surface area contributed by atoms with Crippen molar-refractivity contribution in [2.45, 2.75) is 0 Å². The Morgan fingerprint density at radius 3 is 2.08 bits per heavy atom. The fourth-order valence-electron chi connectivity index (χ4n) is 0.314. The highest BCUT2D eigenvalue weighted by Crippen LogP contribution is 2.28. The number of carbonyl (C=O) groups excluding carboxylic acids is 2. The zero-order chi connectivity index (χ0) is 9.94. The Bertz CT molecular complexity index is 277. The van der Waals surface area contributed by atoms with Gasteiger partial charge in [-0.2, -0.15) is 0 Å². The standard InChI is InChI=1S/C4H6NO6P/c1-2(3(6)4(5)7)11-12(8,9)10/h1H2,(H2,5,7)(H2,8,9,10)/p-2. The minimum Gasteiger partial charge on any atom is -0.780 e. The van der Waals surface area contributed by atoms with Crippen molar-refractivity contribution >= 4 is 19.5 Å². The second-order valence-corrected chi connectivity index (χ2v) is 2.73. The average molecular weight is 193 g/mol. The number of rotatable bonds is 4. The molecule has 0 rings (SSSR count). The third kappa shape index (κ3) is 3.87. The molecule has 0 bridgehead atoms. The molecule has 0 saturated carbocycles. The normalized spacial score (nSPS) is 10.5. The van der Waals surface area contributed by atoms with Gasteiger partial charge in [0.2, 0.25) is 0 Å². The number of nitrogens with two attached hydrogens (primary N) is 1. The van der Waals surface area contributed by atoms with Crippen molar-refractivity contribution in [2.24, 2.45) is 5.73 Å². The fourth-order valence-corrected chi connectivity index (χ4v) is 0.667. The van der Waals surface area contributed by atoms with Gasteiger partial charge in [-0.05, 0) is 0 Å². The van der Waals surface area contributed by atoms with E-state index in [0.717, 1.165) is 0 Å². The van der Waals surface area contributed by atoms with Crippen LogP contribution in [-0.2, 0) is 18.7 Å². The smallest absolute Gasteiger partial charge is 0.293 e. The lowest BCUT2D eigenvalue weighted by molar-refractivity contribution is -0.338. The fraction of sp³-hybridized carbons (Fsp3) is 0. The first-order valence-corrected chi connectivity index (χ1v) is 3.95. The Morgan fingerprint density at radius 1 is 1.42 bits per heavy atom. The molecular weight excluding hydrogens is 189 g/mol. The Labute approximate surface area is 67.1 Å². The van der Waals surface area contributed by atoms with Gasteiger partial charge in [0, 0.05) is 0 Å². The number of phosphoric ester groups is 1. The third-order valence-electron chi connectivity index (χ3n) is 0.699. The van der Waals surface area contributed by atoms with E-state index < -0.39 is 25.3 Å². The lowest BCUT2D eigenvalue weighted by Gasteiger charge is -2.28. The summed E-state index contributed by atoms with van der Waals surface area (Å²) in [5.74, 6) is -4.01. The maximum atomic E-state index is 10.4. The summed E-state index contributed by atoms with van der Waals surface area (Å²) in [5, 5.41) is 0. The second kappa shape index (κ2) is 3.48. The molecule has 0 aliphatic heterocycles. The van der Waals surface area contributed by atoms with E-state index in [0.29, 0.717) is 0 Å². The molecule has 0 aromatic heterocycles. The Balaban J connectivity index is 4.35. The first-order chi connectivity index (χ1) is 5.24. The Morgan fingerprint density at radius 2 is 1.83 bits per heavy atom. The quantitative estimate of drug-likeness (QED) is 0.225. The minimum atomic E-state index is -5.34. The molecule has 0 aromatic rings. The molecule has 0 aliphatic rings. The van der Waals surface area contributed by atoms with E-state index in [4.69, 9.17) is 0 Å². The monoisotopic (exact) mass is 193 g/mol. The summed E-state index contributed by atoms with van der Waals surface area (Å²) in [6.07, 6.45) is 0. The molecule has 0 atom stereocenters. The van der Waals surface area contributed by atoms with E-state index in [-0.39, 0.29) is 0 Å². The number of phosphoric acid groups is 1. The van der Waals surface area contributed by atoms with E-state index in [9.17, 15) is 23.9 Å². The molecule has 0 unspecified atom stereocenters. The van der Waals surface area contributed by atoms with Gasteiger partial charge < -0.3 is 24.6 Å². The summed E-state index contributed by atoms with van der Waals surface area (Å²) in [4.78, 5) is 40.2. The number of hydrogen-bond acceptors (Lipinski definition) is 6. The first-order valence-electron chi connectivity index (χ1n) is 2.48. The van der Waals surface area contributed by atoms with E-state index in [1.165, 1.54) is 0 Å². The molecule has 0 radical (unpaired) electrons. The summed E-state index contributed by atoms with van der Waals surface area (Å²) in [6.45, 7) is 2.72. The molecule has 12 heavy (non-hydrogen) atoms. The van der Waals surface area contributed by atoms with Crippen LogP contribution < -0.4 is 15.5 Å². The highest BCUT2D eigenvalue weighted by molar-refractivity contribution is 7.43. The van der Waals surface area contributed by atoms with Gasteiger partial charge in [-0.25, -0.2) is 0 Å². The van der Waals surface area contributed by atoms with Crippen LogP contribution in [0.1, 0.15) is 0 Å². The van der Waals surface area contributed by atoms with Crippen LogP contribution in [-0.4, -0.2) is 11.7 Å². The molecule has 0 heterocycles. The van der Waals surface area contributed by atoms with Gasteiger partial charge in [-0.15, -0.1) is 0 Å². The topological polar surface area (TPSA) is 133 Å². The second-order valence-electron chi connectivity index (χ2n) is 1.66. The lowest BCUT2D eigenvalue weighted by Crippen LogP contribution is -2.27. The van der Waals surface area contributed by atoms with Crippen LogP contribution in [0.2, 0.25) is 0 Å². The molecule has 2 N–H and O–H groups in total. The SMILES string of the molecule is C=C(OP(=O)([O-])[O-])C(=O)C(N)=O.